The lowest BCUT2D eigenvalue weighted by Gasteiger charge is -2.59. The van der Waals surface area contributed by atoms with Crippen molar-refractivity contribution in [2.45, 2.75) is 64.0 Å². The molecule has 3 saturated carbocycles. The van der Waals surface area contributed by atoms with Gasteiger partial charge in [-0.1, -0.05) is 18.6 Å². The number of hydrogen-bond acceptors (Lipinski definition) is 4. The van der Waals surface area contributed by atoms with Crippen LogP contribution in [0, 0.1) is 5.41 Å². The number of fused-ring (bicyclic) bond motifs is 2. The second kappa shape index (κ2) is 5.93. The summed E-state index contributed by atoms with van der Waals surface area (Å²) in [7, 11) is 0. The van der Waals surface area contributed by atoms with Gasteiger partial charge in [0.2, 0.25) is 5.91 Å². The molecule has 1 aromatic carbocycles. The molecule has 0 atom stereocenters. The third-order valence-corrected chi connectivity index (χ3v) is 5.12. The van der Waals surface area contributed by atoms with Crippen molar-refractivity contribution in [1.29, 1.82) is 0 Å². The molecule has 3 aliphatic rings. The lowest BCUT2D eigenvalue weighted by atomic mass is 9.49. The van der Waals surface area contributed by atoms with Crippen LogP contribution in [0.2, 0.25) is 0 Å². The molecule has 6 nitrogen and oxygen atoms in total. The number of nitrogens with one attached hydrogen (secondary N) is 2. The number of carbonyl (C=O) groups excluding carboxylic acids is 2. The molecule has 4 rings (SSSR count). The average molecular weight is 345 g/mol. The molecule has 1 aromatic rings. The minimum absolute atomic E-state index is 0.00767. The summed E-state index contributed by atoms with van der Waals surface area (Å²) in [5.74, 6) is -0.00767. The maximum atomic E-state index is 12.8. The molecule has 0 saturated heterocycles. The molecule has 4 N–H and O–H groups in total. The topological polar surface area (TPSA) is 93.4 Å². The molecule has 0 radical (unpaired) electrons. The van der Waals surface area contributed by atoms with E-state index in [-0.39, 0.29) is 11.4 Å². The van der Waals surface area contributed by atoms with Crippen LogP contribution in [-0.4, -0.2) is 23.1 Å². The number of nitrogen functional groups attached to an aromatic ring is 1. The second-order valence-corrected chi connectivity index (χ2v) is 8.44. The Labute approximate surface area is 148 Å². The van der Waals surface area contributed by atoms with E-state index in [0.717, 1.165) is 19.3 Å². The quantitative estimate of drug-likeness (QED) is 0.732. The van der Waals surface area contributed by atoms with E-state index in [1.165, 1.54) is 0 Å². The molecule has 2 amide bonds. The highest BCUT2D eigenvalue weighted by atomic mass is 16.6. The van der Waals surface area contributed by atoms with Crippen molar-refractivity contribution in [2.75, 3.05) is 11.1 Å². The molecular formula is C19H27N3O3. The van der Waals surface area contributed by atoms with Gasteiger partial charge < -0.3 is 21.1 Å². The van der Waals surface area contributed by atoms with Crippen LogP contribution < -0.4 is 16.4 Å². The summed E-state index contributed by atoms with van der Waals surface area (Å²) >= 11 is 0. The van der Waals surface area contributed by atoms with Gasteiger partial charge in [-0.3, -0.25) is 4.79 Å². The van der Waals surface area contributed by atoms with Crippen LogP contribution in [-0.2, 0) is 9.53 Å². The predicted molar refractivity (Wildman–Crippen MR) is 97.1 cm³/mol. The molecule has 2 bridgehead atoms. The Kier molecular flexibility index (Phi) is 4.17. The van der Waals surface area contributed by atoms with Gasteiger partial charge in [-0.15, -0.1) is 0 Å². The number of amides is 2. The number of hydrogen-bond donors (Lipinski definition) is 3. The molecule has 0 aromatic heterocycles. The summed E-state index contributed by atoms with van der Waals surface area (Å²) in [5.41, 5.74) is 5.85. The number of anilines is 2. The smallest absolute Gasteiger partial charge is 0.408 e. The standard InChI is InChI=1S/C19H27N3O3/c1-17(2,3)25-16(24)22-19-10-6-9-18(11-19,12-19)15(23)21-14-8-5-4-7-13(14)20/h4-5,7-8H,6,9-12,20H2,1-3H3,(H,21,23)(H,22,24). The fourth-order valence-electron chi connectivity index (χ4n) is 4.17. The molecule has 25 heavy (non-hydrogen) atoms. The predicted octanol–water partition coefficient (Wildman–Crippen LogP) is 3.43. The van der Waals surface area contributed by atoms with E-state index in [1.807, 2.05) is 32.9 Å². The van der Waals surface area contributed by atoms with Gasteiger partial charge in [0.1, 0.15) is 5.60 Å². The zero-order valence-corrected chi connectivity index (χ0v) is 15.1. The third kappa shape index (κ3) is 3.57. The van der Waals surface area contributed by atoms with E-state index < -0.39 is 17.1 Å². The maximum absolute atomic E-state index is 12.8. The van der Waals surface area contributed by atoms with Crippen LogP contribution in [0.15, 0.2) is 24.3 Å². The van der Waals surface area contributed by atoms with E-state index in [1.54, 1.807) is 12.1 Å². The van der Waals surface area contributed by atoms with E-state index >= 15 is 0 Å². The first kappa shape index (κ1) is 17.6. The molecule has 3 aliphatic carbocycles. The van der Waals surface area contributed by atoms with Crippen LogP contribution in [0.4, 0.5) is 16.2 Å². The third-order valence-electron chi connectivity index (χ3n) is 5.12. The molecule has 0 aliphatic heterocycles. The molecule has 136 valence electrons. The average Bonchev–Trinajstić information content (AvgIpc) is 2.46. The molecular weight excluding hydrogens is 318 g/mol. The van der Waals surface area contributed by atoms with Crippen molar-refractivity contribution in [3.05, 3.63) is 24.3 Å². The van der Waals surface area contributed by atoms with Gasteiger partial charge in [-0.25, -0.2) is 4.79 Å². The number of ether oxygens (including phenoxy) is 1. The van der Waals surface area contributed by atoms with Crippen molar-refractivity contribution in [3.8, 4) is 0 Å². The molecule has 0 heterocycles. The molecule has 6 heteroatoms. The van der Waals surface area contributed by atoms with Gasteiger partial charge in [-0.2, -0.15) is 0 Å². The van der Waals surface area contributed by atoms with E-state index in [0.29, 0.717) is 24.2 Å². The first-order chi connectivity index (χ1) is 11.6. The zero-order valence-electron chi connectivity index (χ0n) is 15.1. The normalized spacial score (nSPS) is 27.8. The Morgan fingerprint density at radius 2 is 1.84 bits per heavy atom. The minimum Gasteiger partial charge on any atom is -0.444 e. The Balaban J connectivity index is 1.64. The number of alkyl carbamates (subject to hydrolysis) is 1. The monoisotopic (exact) mass is 345 g/mol. The lowest BCUT2D eigenvalue weighted by Crippen LogP contribution is -2.68. The van der Waals surface area contributed by atoms with Crippen LogP contribution in [0.3, 0.4) is 0 Å². The highest BCUT2D eigenvalue weighted by molar-refractivity contribution is 5.98. The Bertz CT molecular complexity index is 687. The van der Waals surface area contributed by atoms with Crippen LogP contribution in [0.1, 0.15) is 52.9 Å². The van der Waals surface area contributed by atoms with Gasteiger partial charge >= 0.3 is 6.09 Å². The number of benzene rings is 1. The fourth-order valence-corrected chi connectivity index (χ4v) is 4.17. The van der Waals surface area contributed by atoms with Crippen LogP contribution >= 0.6 is 0 Å². The molecule has 0 spiro atoms. The maximum Gasteiger partial charge on any atom is 0.408 e. The highest BCUT2D eigenvalue weighted by Crippen LogP contribution is 2.58. The highest BCUT2D eigenvalue weighted by Gasteiger charge is 2.61. The van der Waals surface area contributed by atoms with Crippen LogP contribution in [0.5, 0.6) is 0 Å². The lowest BCUT2D eigenvalue weighted by molar-refractivity contribution is -0.143. The Morgan fingerprint density at radius 3 is 2.48 bits per heavy atom. The van der Waals surface area contributed by atoms with Gasteiger partial charge in [0.15, 0.2) is 0 Å². The molecule has 0 unspecified atom stereocenters. The van der Waals surface area contributed by atoms with Crippen molar-refractivity contribution >= 4 is 23.4 Å². The minimum atomic E-state index is -0.529. The summed E-state index contributed by atoms with van der Waals surface area (Å²) in [6.07, 6.45) is 3.52. The Hall–Kier alpha value is -2.24. The van der Waals surface area contributed by atoms with Gasteiger partial charge in [0.05, 0.1) is 16.8 Å². The second-order valence-electron chi connectivity index (χ2n) is 8.44. The fraction of sp³-hybridized carbons (Fsp3) is 0.579. The summed E-state index contributed by atoms with van der Waals surface area (Å²) in [4.78, 5) is 24.9. The van der Waals surface area contributed by atoms with Crippen LogP contribution in [0.25, 0.3) is 0 Å². The summed E-state index contributed by atoms with van der Waals surface area (Å²) in [6.45, 7) is 5.52. The van der Waals surface area contributed by atoms with Crippen molar-refractivity contribution < 1.29 is 14.3 Å². The molecule has 3 fully saturated rings. The Morgan fingerprint density at radius 1 is 1.16 bits per heavy atom. The summed E-state index contributed by atoms with van der Waals surface area (Å²) < 4.78 is 5.37. The summed E-state index contributed by atoms with van der Waals surface area (Å²) in [5, 5.41) is 5.97. The first-order valence-electron chi connectivity index (χ1n) is 8.80. The van der Waals surface area contributed by atoms with Gasteiger partial charge in [0.25, 0.3) is 0 Å². The number of para-hydroxylation sites is 2. The van der Waals surface area contributed by atoms with E-state index in [2.05, 4.69) is 10.6 Å². The van der Waals surface area contributed by atoms with E-state index in [4.69, 9.17) is 10.5 Å². The zero-order chi connectivity index (χ0) is 18.3. The van der Waals surface area contributed by atoms with Crippen molar-refractivity contribution in [1.82, 2.24) is 5.32 Å². The first-order valence-corrected chi connectivity index (χ1v) is 8.80. The largest absolute Gasteiger partial charge is 0.444 e. The van der Waals surface area contributed by atoms with Gasteiger partial charge in [0, 0.05) is 5.54 Å². The van der Waals surface area contributed by atoms with Crippen molar-refractivity contribution in [2.24, 2.45) is 5.41 Å². The van der Waals surface area contributed by atoms with E-state index in [9.17, 15) is 9.59 Å². The SMILES string of the molecule is CC(C)(C)OC(=O)NC12CCCC(C(=O)Nc3ccccc3N)(C1)C2. The summed E-state index contributed by atoms with van der Waals surface area (Å²) in [6, 6.07) is 7.25. The number of rotatable bonds is 3. The number of carbonyl (C=O) groups is 2. The number of nitrogens with two attached hydrogens (primary N) is 1. The van der Waals surface area contributed by atoms with Gasteiger partial charge in [-0.05, 0) is 58.6 Å². The van der Waals surface area contributed by atoms with Crippen molar-refractivity contribution in [3.63, 3.8) is 0 Å².